The zero-order chi connectivity index (χ0) is 14.5. The van der Waals surface area contributed by atoms with E-state index in [1.165, 1.54) is 4.31 Å². The van der Waals surface area contributed by atoms with E-state index in [2.05, 4.69) is 13.5 Å². The number of hydrogen-bond acceptors (Lipinski definition) is 2. The van der Waals surface area contributed by atoms with Crippen molar-refractivity contribution in [3.63, 3.8) is 0 Å². The van der Waals surface area contributed by atoms with Gasteiger partial charge in [-0.05, 0) is 32.4 Å². The lowest BCUT2D eigenvalue weighted by Crippen LogP contribution is -2.33. The van der Waals surface area contributed by atoms with Crippen LogP contribution < -0.4 is 0 Å². The van der Waals surface area contributed by atoms with Gasteiger partial charge in [-0.3, -0.25) is 0 Å². The predicted molar refractivity (Wildman–Crippen MR) is 79.7 cm³/mol. The summed E-state index contributed by atoms with van der Waals surface area (Å²) in [7, 11) is -3.41. The maximum atomic E-state index is 12.6. The Morgan fingerprint density at radius 2 is 1.84 bits per heavy atom. The Labute approximate surface area is 117 Å². The molecule has 0 radical (unpaired) electrons. The molecule has 106 valence electrons. The molecule has 0 amide bonds. The quantitative estimate of drug-likeness (QED) is 0.719. The molecule has 0 fully saturated rings. The van der Waals surface area contributed by atoms with Crippen molar-refractivity contribution in [2.24, 2.45) is 0 Å². The summed E-state index contributed by atoms with van der Waals surface area (Å²) in [6.45, 7) is 10.6. The highest BCUT2D eigenvalue weighted by atomic mass is 32.2. The molecule has 0 aliphatic heterocycles. The van der Waals surface area contributed by atoms with Crippen LogP contribution in [-0.4, -0.2) is 25.8 Å². The zero-order valence-electron chi connectivity index (χ0n) is 12.0. The minimum Gasteiger partial charge on any atom is -0.207 e. The van der Waals surface area contributed by atoms with Gasteiger partial charge in [0.1, 0.15) is 0 Å². The van der Waals surface area contributed by atoms with Gasteiger partial charge in [0.25, 0.3) is 0 Å². The summed E-state index contributed by atoms with van der Waals surface area (Å²) in [5.74, 6) is 0. The van der Waals surface area contributed by atoms with Crippen molar-refractivity contribution in [1.82, 2.24) is 4.31 Å². The van der Waals surface area contributed by atoms with Gasteiger partial charge in [0.05, 0.1) is 4.90 Å². The summed E-state index contributed by atoms with van der Waals surface area (Å²) in [6.07, 6.45) is 1.83. The Bertz CT molecular complexity index is 518. The predicted octanol–water partition coefficient (Wildman–Crippen LogP) is 3.36. The second kappa shape index (κ2) is 6.87. The fraction of sp³-hybridized carbons (Fsp3) is 0.467. The Kier molecular flexibility index (Phi) is 5.76. The number of sulfonamides is 1. The molecule has 0 aliphatic carbocycles. The van der Waals surface area contributed by atoms with Crippen LogP contribution in [0.5, 0.6) is 0 Å². The van der Waals surface area contributed by atoms with Gasteiger partial charge in [0, 0.05) is 13.1 Å². The average molecular weight is 281 g/mol. The van der Waals surface area contributed by atoms with Crippen molar-refractivity contribution >= 4 is 10.0 Å². The molecule has 0 bridgehead atoms. The lowest BCUT2D eigenvalue weighted by atomic mass is 10.2. The second-order valence-electron chi connectivity index (χ2n) is 4.96. The number of aryl methyl sites for hydroxylation is 1. The third-order valence-electron chi connectivity index (χ3n) is 2.87. The Hall–Kier alpha value is -1.13. The largest absolute Gasteiger partial charge is 0.243 e. The maximum Gasteiger partial charge on any atom is 0.243 e. The Morgan fingerprint density at radius 3 is 2.32 bits per heavy atom. The van der Waals surface area contributed by atoms with Gasteiger partial charge in [-0.2, -0.15) is 4.31 Å². The van der Waals surface area contributed by atoms with Gasteiger partial charge in [-0.1, -0.05) is 43.2 Å². The van der Waals surface area contributed by atoms with Crippen molar-refractivity contribution in [3.05, 3.63) is 42.0 Å². The first-order valence-corrected chi connectivity index (χ1v) is 8.03. The smallest absolute Gasteiger partial charge is 0.207 e. The highest BCUT2D eigenvalue weighted by Gasteiger charge is 2.23. The first kappa shape index (κ1) is 15.9. The second-order valence-corrected chi connectivity index (χ2v) is 6.90. The first-order chi connectivity index (χ1) is 8.87. The lowest BCUT2D eigenvalue weighted by Gasteiger charge is -2.22. The van der Waals surface area contributed by atoms with E-state index < -0.39 is 10.0 Å². The molecule has 0 saturated carbocycles. The molecular weight excluding hydrogens is 258 g/mol. The van der Waals surface area contributed by atoms with Crippen molar-refractivity contribution < 1.29 is 8.42 Å². The van der Waals surface area contributed by atoms with Crippen molar-refractivity contribution in [1.29, 1.82) is 0 Å². The van der Waals surface area contributed by atoms with Crippen molar-refractivity contribution in [3.8, 4) is 0 Å². The van der Waals surface area contributed by atoms with Crippen LogP contribution in [0.1, 0.15) is 32.3 Å². The van der Waals surface area contributed by atoms with E-state index in [1.807, 2.05) is 26.0 Å². The number of hydrogen-bond donors (Lipinski definition) is 0. The van der Waals surface area contributed by atoms with Crippen molar-refractivity contribution in [2.75, 3.05) is 13.1 Å². The molecule has 0 heterocycles. The van der Waals surface area contributed by atoms with Crippen LogP contribution >= 0.6 is 0 Å². The third-order valence-corrected chi connectivity index (χ3v) is 4.73. The summed E-state index contributed by atoms with van der Waals surface area (Å²) >= 11 is 0. The molecule has 0 unspecified atom stereocenters. The van der Waals surface area contributed by atoms with E-state index in [1.54, 1.807) is 12.1 Å². The molecule has 0 aromatic heterocycles. The van der Waals surface area contributed by atoms with Gasteiger partial charge >= 0.3 is 0 Å². The minimum absolute atomic E-state index is 0.357. The first-order valence-electron chi connectivity index (χ1n) is 6.59. The molecule has 0 aliphatic rings. The molecule has 0 saturated heterocycles. The molecule has 19 heavy (non-hydrogen) atoms. The highest BCUT2D eigenvalue weighted by molar-refractivity contribution is 7.89. The van der Waals surface area contributed by atoms with Gasteiger partial charge in [0.2, 0.25) is 10.0 Å². The molecule has 1 aromatic rings. The van der Waals surface area contributed by atoms with Crippen LogP contribution in [0.4, 0.5) is 0 Å². The molecular formula is C15H23NO2S. The van der Waals surface area contributed by atoms with E-state index in [9.17, 15) is 8.42 Å². The third kappa shape index (κ3) is 4.48. The topological polar surface area (TPSA) is 37.4 Å². The maximum absolute atomic E-state index is 12.6. The molecule has 1 rings (SSSR count). The van der Waals surface area contributed by atoms with Gasteiger partial charge in [0.15, 0.2) is 0 Å². The summed E-state index contributed by atoms with van der Waals surface area (Å²) in [6, 6.07) is 6.99. The summed E-state index contributed by atoms with van der Waals surface area (Å²) in [4.78, 5) is 0.357. The van der Waals surface area contributed by atoms with Crippen LogP contribution in [0.3, 0.4) is 0 Å². The molecule has 0 N–H and O–H groups in total. The van der Waals surface area contributed by atoms with Crippen LogP contribution in [0, 0.1) is 6.92 Å². The van der Waals surface area contributed by atoms with Gasteiger partial charge < -0.3 is 0 Å². The fourth-order valence-electron chi connectivity index (χ4n) is 1.78. The van der Waals surface area contributed by atoms with E-state index in [4.69, 9.17) is 0 Å². The zero-order valence-corrected chi connectivity index (χ0v) is 12.8. The summed E-state index contributed by atoms with van der Waals surface area (Å²) in [5, 5.41) is 0. The standard InChI is InChI=1S/C15H23NO2S/c1-5-6-11-16(12-13(2)3)19(17,18)15-9-7-14(4)8-10-15/h7-10H,2,5-6,11-12H2,1,3-4H3. The van der Waals surface area contributed by atoms with Gasteiger partial charge in [-0.15, -0.1) is 0 Å². The van der Waals surface area contributed by atoms with E-state index in [-0.39, 0.29) is 0 Å². The van der Waals surface area contributed by atoms with E-state index >= 15 is 0 Å². The monoisotopic (exact) mass is 281 g/mol. The van der Waals surface area contributed by atoms with Crippen LogP contribution in [0.15, 0.2) is 41.3 Å². The number of rotatable bonds is 7. The highest BCUT2D eigenvalue weighted by Crippen LogP contribution is 2.18. The number of benzene rings is 1. The summed E-state index contributed by atoms with van der Waals surface area (Å²) < 4.78 is 26.7. The van der Waals surface area contributed by atoms with Crippen LogP contribution in [-0.2, 0) is 10.0 Å². The molecule has 0 atom stereocenters. The Morgan fingerprint density at radius 1 is 1.26 bits per heavy atom. The van der Waals surface area contributed by atoms with E-state index in [0.29, 0.717) is 18.0 Å². The SMILES string of the molecule is C=C(C)CN(CCCC)S(=O)(=O)c1ccc(C)cc1. The van der Waals surface area contributed by atoms with Crippen molar-refractivity contribution in [2.45, 2.75) is 38.5 Å². The average Bonchev–Trinajstić information content (AvgIpc) is 2.34. The minimum atomic E-state index is -3.41. The molecule has 0 spiro atoms. The van der Waals surface area contributed by atoms with E-state index in [0.717, 1.165) is 24.0 Å². The normalized spacial score (nSPS) is 11.8. The fourth-order valence-corrected chi connectivity index (χ4v) is 3.32. The van der Waals surface area contributed by atoms with Crippen LogP contribution in [0.2, 0.25) is 0 Å². The number of unbranched alkanes of at least 4 members (excludes halogenated alkanes) is 1. The lowest BCUT2D eigenvalue weighted by molar-refractivity contribution is 0.426. The molecule has 3 nitrogen and oxygen atoms in total. The van der Waals surface area contributed by atoms with Gasteiger partial charge in [-0.25, -0.2) is 8.42 Å². The molecule has 4 heteroatoms. The number of nitrogens with zero attached hydrogens (tertiary/aromatic N) is 1. The Balaban J connectivity index is 3.03. The summed E-state index contributed by atoms with van der Waals surface area (Å²) in [5.41, 5.74) is 1.91. The molecule has 1 aromatic carbocycles. The van der Waals surface area contributed by atoms with Crippen LogP contribution in [0.25, 0.3) is 0 Å².